The maximum absolute atomic E-state index is 6.30. The largest absolute Gasteiger partial charge is 0.739 e. The van der Waals surface area contributed by atoms with Crippen LogP contribution in [0.4, 0.5) is 0 Å². The average Bonchev–Trinajstić information content (AvgIpc) is 3.08. The molecule has 0 N–H and O–H groups in total. The van der Waals surface area contributed by atoms with E-state index in [0.717, 1.165) is 5.02 Å². The molecule has 0 aromatic heterocycles. The van der Waals surface area contributed by atoms with Gasteiger partial charge >= 0.3 is 0 Å². The third kappa shape index (κ3) is 9.08. The fourth-order valence-electron chi connectivity index (χ4n) is 4.62. The van der Waals surface area contributed by atoms with E-state index in [1.807, 2.05) is 6.07 Å². The Morgan fingerprint density at radius 2 is 0.968 bits per heavy atom. The molecule has 2 aromatic rings. The first-order valence-corrected chi connectivity index (χ1v) is 14.1. The molecule has 31 heavy (non-hydrogen) atoms. The van der Waals surface area contributed by atoms with E-state index < -0.39 is 0 Å². The van der Waals surface area contributed by atoms with Crippen LogP contribution in [0.15, 0.2) is 36.4 Å². The molecule has 0 atom stereocenters. The van der Waals surface area contributed by atoms with Crippen molar-refractivity contribution in [1.82, 2.24) is 0 Å². The van der Waals surface area contributed by atoms with Gasteiger partial charge in [0.2, 0.25) is 0 Å². The van der Waals surface area contributed by atoms with E-state index in [9.17, 15) is 0 Å². The second-order valence-electron chi connectivity index (χ2n) is 11.9. The van der Waals surface area contributed by atoms with Crippen LogP contribution in [0.1, 0.15) is 83.1 Å². The van der Waals surface area contributed by atoms with Crippen molar-refractivity contribution in [2.45, 2.75) is 104 Å². The molecule has 0 unspecified atom stereocenters. The molecule has 0 amide bonds. The van der Waals surface area contributed by atoms with Crippen LogP contribution in [0, 0.1) is 0 Å². The van der Waals surface area contributed by atoms with Gasteiger partial charge in [-0.1, -0.05) is 83.1 Å². The molecular formula is C26H42Cl2FeP2-6. The van der Waals surface area contributed by atoms with Crippen LogP contribution < -0.4 is 10.6 Å². The number of halogens is 2. The second kappa shape index (κ2) is 11.4. The Kier molecular flexibility index (Phi) is 11.6. The molecular weight excluding hydrogens is 501 g/mol. The van der Waals surface area contributed by atoms with Gasteiger partial charge in [0.15, 0.2) is 0 Å². The van der Waals surface area contributed by atoms with E-state index in [1.165, 1.54) is 5.30 Å². The SMILES string of the molecule is CC(C)(C)P([c-]1[cH-][cH-][c-](Cl)[c-]1Cl)C(C)(C)C.CC(C)(C)P([c-]1cccc1)C(C)(C)C.[Fe]. The third-order valence-corrected chi connectivity index (χ3v) is 12.6. The number of hydrogen-bond acceptors (Lipinski definition) is 0. The monoisotopic (exact) mass is 542 g/mol. The molecule has 0 nitrogen and oxygen atoms in total. The van der Waals surface area contributed by atoms with E-state index in [2.05, 4.69) is 113 Å². The fourth-order valence-corrected chi connectivity index (χ4v) is 13.3. The summed E-state index contributed by atoms with van der Waals surface area (Å²) >= 11 is 12.4. The van der Waals surface area contributed by atoms with Gasteiger partial charge in [0, 0.05) is 17.1 Å². The molecule has 0 saturated heterocycles. The molecule has 0 spiro atoms. The van der Waals surface area contributed by atoms with Crippen molar-refractivity contribution >= 4 is 49.7 Å². The van der Waals surface area contributed by atoms with Crippen molar-refractivity contribution in [3.8, 4) is 0 Å². The van der Waals surface area contributed by atoms with Crippen molar-refractivity contribution in [2.24, 2.45) is 0 Å². The zero-order valence-electron chi connectivity index (χ0n) is 21.5. The number of rotatable bonds is 2. The molecule has 2 aromatic carbocycles. The quantitative estimate of drug-likeness (QED) is 0.201. The molecule has 184 valence electrons. The summed E-state index contributed by atoms with van der Waals surface area (Å²) in [4.78, 5) is 0. The van der Waals surface area contributed by atoms with Gasteiger partial charge in [-0.3, -0.25) is 7.92 Å². The zero-order chi connectivity index (χ0) is 23.7. The normalized spacial score (nSPS) is 13.2. The smallest absolute Gasteiger partial charge is 0 e. The van der Waals surface area contributed by atoms with Gasteiger partial charge in [-0.15, -0.1) is 13.2 Å². The molecule has 0 fully saturated rings. The van der Waals surface area contributed by atoms with Gasteiger partial charge in [0.25, 0.3) is 0 Å². The summed E-state index contributed by atoms with van der Waals surface area (Å²) in [5.41, 5.74) is 0. The van der Waals surface area contributed by atoms with Crippen LogP contribution in [-0.4, -0.2) is 20.6 Å². The summed E-state index contributed by atoms with van der Waals surface area (Å²) in [6.45, 7) is 27.8. The van der Waals surface area contributed by atoms with Gasteiger partial charge in [-0.2, -0.15) is 12.1 Å². The Balaban J connectivity index is 0.000000567. The topological polar surface area (TPSA) is 0 Å². The van der Waals surface area contributed by atoms with Gasteiger partial charge in [0.05, 0.1) is 0 Å². The molecule has 0 heterocycles. The van der Waals surface area contributed by atoms with Gasteiger partial charge in [0.1, 0.15) is 0 Å². The molecule has 0 aliphatic rings. The summed E-state index contributed by atoms with van der Waals surface area (Å²) in [6.07, 6.45) is 0. The minimum atomic E-state index is -0.354. The standard InChI is InChI=1S/C13H20Cl2P.C13H22P.Fe/c1-12(2,3)16(13(4,5)6)10-8-7-9(14)11(10)15;1-12(2,3)14(13(4,5)6)11-9-7-8-10-11;/h7-8H,1-6H3;7-10H,1-6H3;/q-5;-1;. The van der Waals surface area contributed by atoms with Gasteiger partial charge in [-0.25, -0.2) is 12.1 Å². The Morgan fingerprint density at radius 3 is 1.23 bits per heavy atom. The maximum Gasteiger partial charge on any atom is 0 e. The van der Waals surface area contributed by atoms with E-state index in [0.29, 0.717) is 15.3 Å². The Hall–Kier alpha value is 0.659. The van der Waals surface area contributed by atoms with E-state index in [1.54, 1.807) is 5.30 Å². The number of hydrogen-bond donors (Lipinski definition) is 0. The third-order valence-electron chi connectivity index (χ3n) is 4.65. The predicted molar refractivity (Wildman–Crippen MR) is 146 cm³/mol. The first kappa shape index (κ1) is 31.7. The first-order chi connectivity index (χ1) is 13.3. The molecule has 0 aliphatic heterocycles. The Bertz CT molecular complexity index is 751. The summed E-state index contributed by atoms with van der Waals surface area (Å²) in [6, 6.07) is 12.9. The molecule has 2 rings (SSSR count). The van der Waals surface area contributed by atoms with Gasteiger partial charge in [-0.05, 0) is 20.6 Å². The van der Waals surface area contributed by atoms with E-state index >= 15 is 0 Å². The molecule has 5 heteroatoms. The summed E-state index contributed by atoms with van der Waals surface area (Å²) < 4.78 is 0. The van der Waals surface area contributed by atoms with Crippen molar-refractivity contribution in [3.05, 3.63) is 46.4 Å². The molecule has 0 saturated carbocycles. The van der Waals surface area contributed by atoms with Crippen molar-refractivity contribution in [3.63, 3.8) is 0 Å². The van der Waals surface area contributed by atoms with E-state index in [-0.39, 0.29) is 43.2 Å². The van der Waals surface area contributed by atoms with Crippen LogP contribution in [0.2, 0.25) is 10.0 Å². The van der Waals surface area contributed by atoms with Crippen molar-refractivity contribution < 1.29 is 17.1 Å². The van der Waals surface area contributed by atoms with Crippen LogP contribution in [-0.2, 0) is 17.1 Å². The van der Waals surface area contributed by atoms with Crippen LogP contribution in [0.5, 0.6) is 0 Å². The minimum absolute atomic E-state index is 0. The fraction of sp³-hybridized carbons (Fsp3) is 0.615. The summed E-state index contributed by atoms with van der Waals surface area (Å²) in [5, 5.41) is 5.45. The Labute approximate surface area is 216 Å². The Morgan fingerprint density at radius 1 is 0.613 bits per heavy atom. The van der Waals surface area contributed by atoms with Gasteiger partial charge < -0.3 is 50.7 Å². The first-order valence-electron chi connectivity index (χ1n) is 10.7. The summed E-state index contributed by atoms with van der Waals surface area (Å²) in [7, 11) is -0.455. The van der Waals surface area contributed by atoms with Crippen LogP contribution in [0.3, 0.4) is 0 Å². The van der Waals surface area contributed by atoms with Crippen LogP contribution >= 0.6 is 39.0 Å². The van der Waals surface area contributed by atoms with E-state index in [4.69, 9.17) is 23.2 Å². The summed E-state index contributed by atoms with van der Waals surface area (Å²) in [5.74, 6) is 0. The molecule has 0 aliphatic carbocycles. The van der Waals surface area contributed by atoms with Crippen LogP contribution in [0.25, 0.3) is 0 Å². The van der Waals surface area contributed by atoms with Crippen molar-refractivity contribution in [2.75, 3.05) is 0 Å². The minimum Gasteiger partial charge on any atom is -0.739 e. The molecule has 0 bridgehead atoms. The predicted octanol–water partition coefficient (Wildman–Crippen LogP) is 9.52. The maximum atomic E-state index is 6.30. The second-order valence-corrected chi connectivity index (χ2v) is 20.4. The zero-order valence-corrected chi connectivity index (χ0v) is 25.9. The molecule has 0 radical (unpaired) electrons. The average molecular weight is 543 g/mol. The van der Waals surface area contributed by atoms with Crippen molar-refractivity contribution in [1.29, 1.82) is 0 Å².